The zero-order valence-electron chi connectivity index (χ0n) is 7.69. The minimum Gasteiger partial charge on any atom is -0.867 e. The molecule has 68 valence electrons. The third-order valence-electron chi connectivity index (χ3n) is 2.29. The summed E-state index contributed by atoms with van der Waals surface area (Å²) in [5.74, 6) is -0.228. The fraction of sp³-hybridized carbons (Fsp3) is 0.0909. The van der Waals surface area contributed by atoms with Crippen molar-refractivity contribution in [3.05, 3.63) is 40.9 Å². The summed E-state index contributed by atoms with van der Waals surface area (Å²) in [6, 6.07) is 8.88. The van der Waals surface area contributed by atoms with Crippen molar-refractivity contribution >= 4 is 16.5 Å². The van der Waals surface area contributed by atoms with E-state index in [1.165, 1.54) is 0 Å². The van der Waals surface area contributed by atoms with Gasteiger partial charge in [0.1, 0.15) is 0 Å². The van der Waals surface area contributed by atoms with Gasteiger partial charge in [-0.1, -0.05) is 24.3 Å². The van der Waals surface area contributed by atoms with E-state index in [1.807, 2.05) is 19.1 Å². The Kier molecular flexibility index (Phi) is 1.83. The molecule has 0 unspecified atom stereocenters. The van der Waals surface area contributed by atoms with Gasteiger partial charge < -0.3 is 5.11 Å². The Balaban J connectivity index is 2.96. The highest BCUT2D eigenvalue weighted by molar-refractivity contribution is 5.95. The van der Waals surface area contributed by atoms with Gasteiger partial charge in [-0.15, -0.1) is 0 Å². The first-order valence-corrected chi connectivity index (χ1v) is 4.28. The third-order valence-corrected chi connectivity index (χ3v) is 2.29. The van der Waals surface area contributed by atoms with Gasteiger partial charge >= 0.3 is 5.69 Å². The molecule has 2 rings (SSSR count). The van der Waals surface area contributed by atoms with Crippen molar-refractivity contribution in [2.24, 2.45) is 0 Å². The molecule has 14 heavy (non-hydrogen) atoms. The number of fused-ring (bicyclic) bond motifs is 1. The van der Waals surface area contributed by atoms with Crippen molar-refractivity contribution < 1.29 is 5.11 Å². The SMILES string of the molecule is Cc1cc([N+]#N)c([O-])c2ccccc12. The van der Waals surface area contributed by atoms with E-state index in [0.717, 1.165) is 10.9 Å². The van der Waals surface area contributed by atoms with Gasteiger partial charge in [0.25, 0.3) is 0 Å². The smallest absolute Gasteiger partial charge is 0.378 e. The first-order valence-electron chi connectivity index (χ1n) is 4.28. The Morgan fingerprint density at radius 3 is 2.50 bits per heavy atom. The number of hydrogen-bond acceptors (Lipinski definition) is 2. The van der Waals surface area contributed by atoms with Gasteiger partial charge in [-0.25, -0.2) is 0 Å². The summed E-state index contributed by atoms with van der Waals surface area (Å²) < 4.78 is 0. The van der Waals surface area contributed by atoms with Gasteiger partial charge in [0.2, 0.25) is 5.39 Å². The van der Waals surface area contributed by atoms with Crippen molar-refractivity contribution in [2.45, 2.75) is 6.92 Å². The van der Waals surface area contributed by atoms with Gasteiger partial charge in [0.05, 0.1) is 0 Å². The average Bonchev–Trinajstić information content (AvgIpc) is 2.23. The topological polar surface area (TPSA) is 51.2 Å². The fourth-order valence-electron chi connectivity index (χ4n) is 1.59. The standard InChI is InChI=1S/C11H8N2O/c1-7-6-10(13-12)11(14)9-5-3-2-4-8(7)9/h2-6H,1H3. The second-order valence-corrected chi connectivity index (χ2v) is 3.19. The van der Waals surface area contributed by atoms with E-state index < -0.39 is 0 Å². The molecular formula is C11H8N2O. The van der Waals surface area contributed by atoms with Crippen LogP contribution in [0.25, 0.3) is 15.7 Å². The van der Waals surface area contributed by atoms with E-state index in [4.69, 9.17) is 5.39 Å². The number of aryl methyl sites for hydroxylation is 1. The largest absolute Gasteiger partial charge is 0.867 e. The quantitative estimate of drug-likeness (QED) is 0.591. The van der Waals surface area contributed by atoms with E-state index >= 15 is 0 Å². The van der Waals surface area contributed by atoms with Crippen LogP contribution in [0.15, 0.2) is 30.3 Å². The van der Waals surface area contributed by atoms with Gasteiger partial charge in [-0.3, -0.25) is 0 Å². The molecule has 0 atom stereocenters. The summed E-state index contributed by atoms with van der Waals surface area (Å²) in [4.78, 5) is 2.97. The van der Waals surface area contributed by atoms with Crippen LogP contribution < -0.4 is 5.11 Å². The summed E-state index contributed by atoms with van der Waals surface area (Å²) in [6.07, 6.45) is 0. The molecule has 0 radical (unpaired) electrons. The summed E-state index contributed by atoms with van der Waals surface area (Å²) in [7, 11) is 0. The molecule has 0 spiro atoms. The lowest BCUT2D eigenvalue weighted by Crippen LogP contribution is -1.92. The van der Waals surface area contributed by atoms with Crippen molar-refractivity contribution in [3.63, 3.8) is 0 Å². The van der Waals surface area contributed by atoms with E-state index in [9.17, 15) is 5.11 Å². The minimum atomic E-state index is -0.228. The molecule has 0 N–H and O–H groups in total. The maximum Gasteiger partial charge on any atom is 0.378 e. The highest BCUT2D eigenvalue weighted by Gasteiger charge is 2.10. The molecule has 0 aliphatic heterocycles. The zero-order chi connectivity index (χ0) is 10.1. The van der Waals surface area contributed by atoms with Crippen molar-refractivity contribution in [1.82, 2.24) is 0 Å². The normalized spacial score (nSPS) is 10.0. The molecule has 0 aromatic heterocycles. The van der Waals surface area contributed by atoms with E-state index in [0.29, 0.717) is 5.39 Å². The van der Waals surface area contributed by atoms with Gasteiger partial charge in [0, 0.05) is 6.07 Å². The number of diazo groups is 1. The summed E-state index contributed by atoms with van der Waals surface area (Å²) in [5.41, 5.74) is 1.04. The lowest BCUT2D eigenvalue weighted by Gasteiger charge is -2.08. The lowest BCUT2D eigenvalue weighted by atomic mass is 10.0. The molecule has 0 amide bonds. The van der Waals surface area contributed by atoms with Gasteiger partial charge in [-0.2, -0.15) is 0 Å². The van der Waals surface area contributed by atoms with Crippen LogP contribution in [0, 0.1) is 12.3 Å². The van der Waals surface area contributed by atoms with Crippen molar-refractivity contribution in [3.8, 4) is 5.75 Å². The predicted octanol–water partition coefficient (Wildman–Crippen LogP) is 2.71. The number of rotatable bonds is 0. The van der Waals surface area contributed by atoms with Gasteiger partial charge in [-0.05, 0) is 29.0 Å². The van der Waals surface area contributed by atoms with Crippen molar-refractivity contribution in [2.75, 3.05) is 0 Å². The van der Waals surface area contributed by atoms with Crippen LogP contribution in [0.2, 0.25) is 0 Å². The molecule has 0 bridgehead atoms. The minimum absolute atomic E-state index is 0.0983. The molecule has 0 aliphatic carbocycles. The average molecular weight is 184 g/mol. The molecule has 3 heteroatoms. The van der Waals surface area contributed by atoms with Crippen LogP contribution in [-0.4, -0.2) is 0 Å². The first kappa shape index (κ1) is 8.52. The van der Waals surface area contributed by atoms with Crippen LogP contribution in [0.5, 0.6) is 5.75 Å². The fourth-order valence-corrected chi connectivity index (χ4v) is 1.59. The molecular weight excluding hydrogens is 176 g/mol. The number of benzene rings is 2. The second kappa shape index (κ2) is 3.00. The number of hydrogen-bond donors (Lipinski definition) is 0. The second-order valence-electron chi connectivity index (χ2n) is 3.19. The molecule has 0 aliphatic rings. The summed E-state index contributed by atoms with van der Waals surface area (Å²) in [6.45, 7) is 1.89. The molecule has 2 aromatic rings. The molecule has 0 saturated carbocycles. The molecule has 3 nitrogen and oxygen atoms in total. The molecule has 0 saturated heterocycles. The number of nitrogens with zero attached hydrogens (tertiary/aromatic N) is 2. The lowest BCUT2D eigenvalue weighted by molar-refractivity contribution is -0.264. The summed E-state index contributed by atoms with van der Waals surface area (Å²) >= 11 is 0. The van der Waals surface area contributed by atoms with Crippen LogP contribution in [0.3, 0.4) is 0 Å². The van der Waals surface area contributed by atoms with Crippen LogP contribution in [0.4, 0.5) is 5.69 Å². The Morgan fingerprint density at radius 1 is 1.21 bits per heavy atom. The Morgan fingerprint density at radius 2 is 1.86 bits per heavy atom. The monoisotopic (exact) mass is 184 g/mol. The zero-order valence-corrected chi connectivity index (χ0v) is 7.69. The molecule has 0 heterocycles. The Labute approximate surface area is 81.2 Å². The first-order chi connectivity index (χ1) is 6.74. The van der Waals surface area contributed by atoms with E-state index in [-0.39, 0.29) is 11.4 Å². The van der Waals surface area contributed by atoms with Crippen LogP contribution >= 0.6 is 0 Å². The van der Waals surface area contributed by atoms with E-state index in [1.54, 1.807) is 18.2 Å². The van der Waals surface area contributed by atoms with E-state index in [2.05, 4.69) is 4.98 Å². The maximum atomic E-state index is 11.7. The predicted molar refractivity (Wildman–Crippen MR) is 52.9 cm³/mol. The summed E-state index contributed by atoms with van der Waals surface area (Å²) in [5, 5.41) is 21.8. The molecule has 2 aromatic carbocycles. The third kappa shape index (κ3) is 1.09. The Hall–Kier alpha value is -2.08. The van der Waals surface area contributed by atoms with Crippen molar-refractivity contribution in [1.29, 1.82) is 5.39 Å². The highest BCUT2D eigenvalue weighted by Crippen LogP contribution is 2.34. The van der Waals surface area contributed by atoms with Gasteiger partial charge in [0.15, 0.2) is 4.98 Å². The maximum absolute atomic E-state index is 11.7. The highest BCUT2D eigenvalue weighted by atomic mass is 16.3. The molecule has 0 fully saturated rings. The Bertz CT molecular complexity index is 541. The van der Waals surface area contributed by atoms with Crippen LogP contribution in [-0.2, 0) is 0 Å². The van der Waals surface area contributed by atoms with Crippen LogP contribution in [0.1, 0.15) is 5.56 Å².